The predicted octanol–water partition coefficient (Wildman–Crippen LogP) is -0.0409. The fourth-order valence-corrected chi connectivity index (χ4v) is 1.44. The Morgan fingerprint density at radius 2 is 1.95 bits per heavy atom. The minimum absolute atomic E-state index is 0.306. The van der Waals surface area contributed by atoms with Crippen LogP contribution in [0.5, 0.6) is 0 Å². The van der Waals surface area contributed by atoms with Gasteiger partial charge in [0.05, 0.1) is 0 Å². The van der Waals surface area contributed by atoms with Crippen LogP contribution in [0.4, 0.5) is 13.2 Å². The Labute approximate surface area is 115 Å². The minimum atomic E-state index is -4.77. The molecule has 0 fully saturated rings. The number of carbonyl (C=O) groups excluding carboxylic acids is 1. The Bertz CT molecular complexity index is 596. The molecular formula is C11H11F3N2O5. The quantitative estimate of drug-likeness (QED) is 0.608. The molecule has 0 bridgehead atoms. The van der Waals surface area contributed by atoms with Crippen LogP contribution in [0.1, 0.15) is 22.5 Å². The van der Waals surface area contributed by atoms with Crippen LogP contribution < -0.4 is 10.9 Å². The first-order valence-corrected chi connectivity index (χ1v) is 5.62. The fraction of sp³-hybridized carbons (Fsp3) is 0.364. The number of H-pyrrole nitrogens is 1. The number of aromatic nitrogens is 1. The van der Waals surface area contributed by atoms with E-state index in [9.17, 15) is 27.6 Å². The zero-order valence-corrected chi connectivity index (χ0v) is 10.4. The average molecular weight is 308 g/mol. The van der Waals surface area contributed by atoms with Gasteiger partial charge >= 0.3 is 12.1 Å². The number of carbonyl (C=O) groups is 2. The summed E-state index contributed by atoms with van der Waals surface area (Å²) in [5.41, 5.74) is -3.28. The first-order chi connectivity index (χ1) is 9.66. The number of hydrogen-bond donors (Lipinski definition) is 4. The van der Waals surface area contributed by atoms with Gasteiger partial charge in [-0.3, -0.25) is 9.59 Å². The van der Waals surface area contributed by atoms with Gasteiger partial charge in [0.25, 0.3) is 11.5 Å². The molecule has 0 radical (unpaired) electrons. The monoisotopic (exact) mass is 308 g/mol. The van der Waals surface area contributed by atoms with Crippen molar-refractivity contribution in [2.75, 3.05) is 6.61 Å². The van der Waals surface area contributed by atoms with Crippen molar-refractivity contribution in [2.45, 2.75) is 18.6 Å². The van der Waals surface area contributed by atoms with Crippen molar-refractivity contribution < 1.29 is 33.0 Å². The van der Waals surface area contributed by atoms with E-state index in [4.69, 9.17) is 10.2 Å². The molecule has 10 heteroatoms. The highest BCUT2D eigenvalue weighted by Gasteiger charge is 2.32. The molecule has 21 heavy (non-hydrogen) atoms. The summed E-state index contributed by atoms with van der Waals surface area (Å²) in [5, 5.41) is 19.3. The molecule has 4 N–H and O–H groups in total. The number of carboxylic acid groups (broad SMARTS) is 1. The van der Waals surface area contributed by atoms with Crippen molar-refractivity contribution in [1.82, 2.24) is 10.3 Å². The first kappa shape index (κ1) is 16.7. The second-order valence-corrected chi connectivity index (χ2v) is 3.99. The van der Waals surface area contributed by atoms with Gasteiger partial charge in [0.2, 0.25) is 0 Å². The maximum absolute atomic E-state index is 12.3. The van der Waals surface area contributed by atoms with E-state index in [0.29, 0.717) is 12.1 Å². The smallest absolute Gasteiger partial charge is 0.431 e. The molecule has 1 aromatic heterocycles. The number of rotatable bonds is 5. The number of aliphatic hydroxyl groups excluding tert-OH is 1. The third kappa shape index (κ3) is 4.31. The summed E-state index contributed by atoms with van der Waals surface area (Å²) in [7, 11) is 0. The zero-order valence-electron chi connectivity index (χ0n) is 10.4. The molecule has 0 aliphatic carbocycles. The van der Waals surface area contributed by atoms with E-state index in [1.165, 1.54) is 4.98 Å². The molecule has 1 rings (SSSR count). The van der Waals surface area contributed by atoms with Gasteiger partial charge in [-0.2, -0.15) is 13.2 Å². The van der Waals surface area contributed by atoms with E-state index in [1.54, 1.807) is 0 Å². The number of aliphatic carboxylic acids is 1. The van der Waals surface area contributed by atoms with E-state index >= 15 is 0 Å². The number of amides is 1. The van der Waals surface area contributed by atoms with E-state index in [1.807, 2.05) is 5.32 Å². The summed E-state index contributed by atoms with van der Waals surface area (Å²) in [4.78, 5) is 35.3. The maximum Gasteiger partial charge on any atom is 0.431 e. The van der Waals surface area contributed by atoms with Crippen molar-refractivity contribution in [1.29, 1.82) is 0 Å². The SMILES string of the molecule is O=C(N[C@@H](CCO)C(=O)O)c1ccc(C(F)(F)F)[nH]c1=O. The van der Waals surface area contributed by atoms with Crippen LogP contribution in [0, 0.1) is 0 Å². The molecule has 116 valence electrons. The van der Waals surface area contributed by atoms with Crippen molar-refractivity contribution in [3.05, 3.63) is 33.7 Å². The van der Waals surface area contributed by atoms with Gasteiger partial charge in [-0.1, -0.05) is 0 Å². The number of nitrogens with one attached hydrogen (secondary N) is 2. The Balaban J connectivity index is 2.98. The highest BCUT2D eigenvalue weighted by atomic mass is 19.4. The van der Waals surface area contributed by atoms with Crippen molar-refractivity contribution in [3.63, 3.8) is 0 Å². The van der Waals surface area contributed by atoms with Crippen LogP contribution >= 0.6 is 0 Å². The summed E-state index contributed by atoms with van der Waals surface area (Å²) < 4.78 is 37.0. The van der Waals surface area contributed by atoms with Gasteiger partial charge in [0, 0.05) is 13.0 Å². The van der Waals surface area contributed by atoms with E-state index in [2.05, 4.69) is 0 Å². The normalized spacial score (nSPS) is 12.8. The van der Waals surface area contributed by atoms with Gasteiger partial charge in [-0.15, -0.1) is 0 Å². The second kappa shape index (κ2) is 6.39. The Morgan fingerprint density at radius 3 is 2.38 bits per heavy atom. The fourth-order valence-electron chi connectivity index (χ4n) is 1.44. The zero-order chi connectivity index (χ0) is 16.2. The number of alkyl halides is 3. The van der Waals surface area contributed by atoms with Gasteiger partial charge < -0.3 is 20.5 Å². The van der Waals surface area contributed by atoms with Crippen molar-refractivity contribution in [2.24, 2.45) is 0 Å². The number of carboxylic acids is 1. The largest absolute Gasteiger partial charge is 0.480 e. The topological polar surface area (TPSA) is 119 Å². The molecule has 0 aliphatic heterocycles. The number of pyridine rings is 1. The number of aliphatic hydroxyl groups is 1. The van der Waals surface area contributed by atoms with Gasteiger partial charge in [0.15, 0.2) is 0 Å². The minimum Gasteiger partial charge on any atom is -0.480 e. The predicted molar refractivity (Wildman–Crippen MR) is 62.7 cm³/mol. The molecule has 0 aromatic carbocycles. The molecule has 0 spiro atoms. The number of aromatic amines is 1. The lowest BCUT2D eigenvalue weighted by atomic mass is 10.2. The molecular weight excluding hydrogens is 297 g/mol. The molecule has 1 amide bonds. The van der Waals surface area contributed by atoms with E-state index in [-0.39, 0.29) is 6.42 Å². The van der Waals surface area contributed by atoms with E-state index in [0.717, 1.165) is 0 Å². The summed E-state index contributed by atoms with van der Waals surface area (Å²) in [6.45, 7) is -0.527. The van der Waals surface area contributed by atoms with E-state index < -0.39 is 47.5 Å². The highest BCUT2D eigenvalue weighted by Crippen LogP contribution is 2.26. The second-order valence-electron chi connectivity index (χ2n) is 3.99. The van der Waals surface area contributed by atoms with Crippen LogP contribution in [0.15, 0.2) is 16.9 Å². The van der Waals surface area contributed by atoms with Crippen LogP contribution in [0.3, 0.4) is 0 Å². The lowest BCUT2D eigenvalue weighted by molar-refractivity contribution is -0.141. The molecule has 0 saturated heterocycles. The lowest BCUT2D eigenvalue weighted by Gasteiger charge is -2.13. The maximum atomic E-state index is 12.3. The molecule has 0 aliphatic rings. The molecule has 0 saturated carbocycles. The molecule has 1 atom stereocenters. The lowest BCUT2D eigenvalue weighted by Crippen LogP contribution is -2.43. The molecule has 1 heterocycles. The van der Waals surface area contributed by atoms with Crippen molar-refractivity contribution >= 4 is 11.9 Å². The van der Waals surface area contributed by atoms with Crippen LogP contribution in [-0.4, -0.2) is 39.7 Å². The summed E-state index contributed by atoms with van der Waals surface area (Å²) in [5.74, 6) is -2.59. The van der Waals surface area contributed by atoms with Crippen LogP contribution in [-0.2, 0) is 11.0 Å². The summed E-state index contributed by atoms with van der Waals surface area (Å²) >= 11 is 0. The number of hydrogen-bond acceptors (Lipinski definition) is 4. The Hall–Kier alpha value is -2.36. The Kier molecular flexibility index (Phi) is 5.08. The average Bonchev–Trinajstić information content (AvgIpc) is 2.36. The van der Waals surface area contributed by atoms with Gasteiger partial charge in [-0.05, 0) is 12.1 Å². The Morgan fingerprint density at radius 1 is 1.33 bits per heavy atom. The van der Waals surface area contributed by atoms with Crippen molar-refractivity contribution in [3.8, 4) is 0 Å². The summed E-state index contributed by atoms with van der Waals surface area (Å²) in [6, 6.07) is -0.309. The molecule has 1 aromatic rings. The first-order valence-electron chi connectivity index (χ1n) is 5.62. The van der Waals surface area contributed by atoms with Crippen LogP contribution in [0.2, 0.25) is 0 Å². The summed E-state index contributed by atoms with van der Waals surface area (Å²) in [6.07, 6.45) is -5.08. The standard InChI is InChI=1S/C11H11F3N2O5/c12-11(13,14)7-2-1-5(9(19)16-7)8(18)15-6(3-4-17)10(20)21/h1-2,6,17H,3-4H2,(H,15,18)(H,16,19)(H,20,21)/t6-/m0/s1. The third-order valence-corrected chi connectivity index (χ3v) is 2.48. The molecule has 7 nitrogen and oxygen atoms in total. The van der Waals surface area contributed by atoms with Crippen LogP contribution in [0.25, 0.3) is 0 Å². The molecule has 0 unspecified atom stereocenters. The van der Waals surface area contributed by atoms with Gasteiger partial charge in [-0.25, -0.2) is 4.79 Å². The third-order valence-electron chi connectivity index (χ3n) is 2.48. The van der Waals surface area contributed by atoms with Gasteiger partial charge in [0.1, 0.15) is 17.3 Å². The number of halogens is 3. The highest BCUT2D eigenvalue weighted by molar-refractivity contribution is 5.96.